The molecule has 6 rings (SSSR count). The summed E-state index contributed by atoms with van der Waals surface area (Å²) in [6, 6.07) is 7.62. The summed E-state index contributed by atoms with van der Waals surface area (Å²) in [5.41, 5.74) is 4.18. The minimum absolute atomic E-state index is 0.0724. The van der Waals surface area contributed by atoms with Gasteiger partial charge in [-0.2, -0.15) is 4.98 Å². The van der Waals surface area contributed by atoms with Crippen molar-refractivity contribution >= 4 is 41.0 Å². The van der Waals surface area contributed by atoms with Crippen LogP contribution in [0.1, 0.15) is 62.7 Å². The molecule has 4 N–H and O–H groups in total. The summed E-state index contributed by atoms with van der Waals surface area (Å²) in [5.74, 6) is 0.800. The standard InChI is InChI=1S/C27H36N6O2S/c1-19-4-3-12-28-25-29-13-7-23(31-25)30-24(35)21-6-5-20(32-36-27(18-34)8-9-27)16-22(21)33-14-10-26(2,17-19)11-15-33/h4-7,13,16,32,34H,3,8-12,14-15,17-18H2,1-2H3,(H2,28,29,30,31,35)/b19-4-. The van der Waals surface area contributed by atoms with Gasteiger partial charge in [0.05, 0.1) is 22.6 Å². The van der Waals surface area contributed by atoms with E-state index in [2.05, 4.69) is 56.2 Å². The fourth-order valence-electron chi connectivity index (χ4n) is 5.06. The fraction of sp³-hybridized carbons (Fsp3) is 0.519. The number of allylic oxidation sites excluding steroid dienone is 1. The molecule has 1 aliphatic carbocycles. The number of aromatic nitrogens is 2. The molecule has 1 aromatic heterocycles. The van der Waals surface area contributed by atoms with Gasteiger partial charge < -0.3 is 25.4 Å². The molecule has 1 amide bonds. The molecule has 36 heavy (non-hydrogen) atoms. The van der Waals surface area contributed by atoms with Gasteiger partial charge in [-0.05, 0) is 87.1 Å². The number of benzene rings is 1. The fourth-order valence-corrected chi connectivity index (χ4v) is 5.89. The lowest BCUT2D eigenvalue weighted by molar-refractivity contribution is 0.102. The highest BCUT2D eigenvalue weighted by atomic mass is 32.2. The maximum Gasteiger partial charge on any atom is 0.258 e. The first-order chi connectivity index (χ1) is 17.4. The number of nitrogens with one attached hydrogen (secondary N) is 3. The number of aliphatic hydroxyl groups is 1. The number of piperidine rings is 1. The van der Waals surface area contributed by atoms with Crippen LogP contribution < -0.4 is 20.3 Å². The van der Waals surface area contributed by atoms with E-state index >= 15 is 0 Å². The third-order valence-electron chi connectivity index (χ3n) is 7.56. The van der Waals surface area contributed by atoms with Crippen LogP contribution in [-0.4, -0.2) is 52.0 Å². The highest BCUT2D eigenvalue weighted by Gasteiger charge is 2.43. The quantitative estimate of drug-likeness (QED) is 0.335. The second kappa shape index (κ2) is 10.3. The molecule has 8 nitrogen and oxygen atoms in total. The second-order valence-electron chi connectivity index (χ2n) is 10.7. The first-order valence-electron chi connectivity index (χ1n) is 12.8. The number of aliphatic hydroxyl groups excluding tert-OH is 1. The van der Waals surface area contributed by atoms with E-state index in [1.54, 1.807) is 24.2 Å². The average molecular weight is 509 g/mol. The molecule has 0 spiro atoms. The summed E-state index contributed by atoms with van der Waals surface area (Å²) in [7, 11) is 0. The molecule has 2 fully saturated rings. The van der Waals surface area contributed by atoms with E-state index in [1.807, 2.05) is 12.1 Å². The smallest absolute Gasteiger partial charge is 0.258 e. The van der Waals surface area contributed by atoms with Gasteiger partial charge in [0.2, 0.25) is 5.95 Å². The summed E-state index contributed by atoms with van der Waals surface area (Å²) in [5, 5.41) is 15.9. The van der Waals surface area contributed by atoms with E-state index in [9.17, 15) is 9.90 Å². The van der Waals surface area contributed by atoms with Gasteiger partial charge >= 0.3 is 0 Å². The van der Waals surface area contributed by atoms with Crippen molar-refractivity contribution in [2.75, 3.05) is 46.5 Å². The largest absolute Gasteiger partial charge is 0.395 e. The first kappa shape index (κ1) is 24.9. The molecule has 2 aromatic rings. The van der Waals surface area contributed by atoms with Crippen LogP contribution in [0.25, 0.3) is 0 Å². The van der Waals surface area contributed by atoms with E-state index in [-0.39, 0.29) is 22.7 Å². The number of hydrogen-bond donors (Lipinski definition) is 4. The van der Waals surface area contributed by atoms with E-state index in [0.717, 1.165) is 69.5 Å². The first-order valence-corrected chi connectivity index (χ1v) is 13.7. The Bertz CT molecular complexity index is 1140. The number of nitrogens with zero attached hydrogens (tertiary/aromatic N) is 3. The number of hydrogen-bond acceptors (Lipinski definition) is 8. The summed E-state index contributed by atoms with van der Waals surface area (Å²) < 4.78 is 3.36. The zero-order valence-electron chi connectivity index (χ0n) is 21.1. The Morgan fingerprint density at radius 1 is 1.19 bits per heavy atom. The molecule has 4 aliphatic rings. The highest BCUT2D eigenvalue weighted by Crippen LogP contribution is 2.48. The molecule has 0 radical (unpaired) electrons. The molecule has 1 saturated carbocycles. The lowest BCUT2D eigenvalue weighted by Crippen LogP contribution is -2.39. The van der Waals surface area contributed by atoms with Gasteiger partial charge in [-0.1, -0.05) is 18.6 Å². The summed E-state index contributed by atoms with van der Waals surface area (Å²) in [6.07, 6.45) is 10.1. The predicted octanol–water partition coefficient (Wildman–Crippen LogP) is 5.07. The van der Waals surface area contributed by atoms with Crippen LogP contribution in [0.4, 0.5) is 23.1 Å². The van der Waals surface area contributed by atoms with Crippen molar-refractivity contribution in [1.82, 2.24) is 9.97 Å². The van der Waals surface area contributed by atoms with E-state index in [1.165, 1.54) is 5.57 Å². The van der Waals surface area contributed by atoms with Crippen LogP contribution in [0.15, 0.2) is 42.1 Å². The van der Waals surface area contributed by atoms with Crippen molar-refractivity contribution in [2.45, 2.75) is 57.1 Å². The Kier molecular flexibility index (Phi) is 7.12. The van der Waals surface area contributed by atoms with Gasteiger partial charge in [0, 0.05) is 31.5 Å². The van der Waals surface area contributed by atoms with Gasteiger partial charge in [-0.3, -0.25) is 4.79 Å². The van der Waals surface area contributed by atoms with Crippen molar-refractivity contribution < 1.29 is 9.90 Å². The van der Waals surface area contributed by atoms with E-state index in [0.29, 0.717) is 17.3 Å². The summed E-state index contributed by atoms with van der Waals surface area (Å²) >= 11 is 1.59. The Morgan fingerprint density at radius 3 is 2.75 bits per heavy atom. The van der Waals surface area contributed by atoms with Gasteiger partial charge in [0.1, 0.15) is 5.82 Å². The summed E-state index contributed by atoms with van der Waals surface area (Å²) in [4.78, 5) is 24.6. The minimum Gasteiger partial charge on any atom is -0.395 e. The molecule has 192 valence electrons. The maximum absolute atomic E-state index is 13.4. The van der Waals surface area contributed by atoms with Crippen LogP contribution in [0, 0.1) is 5.41 Å². The molecule has 3 aliphatic heterocycles. The lowest BCUT2D eigenvalue weighted by Gasteiger charge is -2.41. The van der Waals surface area contributed by atoms with Gasteiger partial charge in [-0.25, -0.2) is 4.98 Å². The number of carbonyl (C=O) groups excluding carboxylic acids is 1. The van der Waals surface area contributed by atoms with Crippen LogP contribution in [-0.2, 0) is 0 Å². The molecular formula is C27H36N6O2S. The average Bonchev–Trinajstić information content (AvgIpc) is 3.66. The molecule has 0 atom stereocenters. The monoisotopic (exact) mass is 508 g/mol. The number of fused-ring (bicyclic) bond motifs is 7. The topological polar surface area (TPSA) is 102 Å². The molecule has 1 aromatic carbocycles. The Morgan fingerprint density at radius 2 is 2.00 bits per heavy atom. The molecule has 4 bridgehead atoms. The predicted molar refractivity (Wildman–Crippen MR) is 148 cm³/mol. The second-order valence-corrected chi connectivity index (χ2v) is 12.0. The normalized spacial score (nSPS) is 22.4. The SMILES string of the molecule is C/C1=C/CCNc2nccc(n2)NC(=O)c2ccc(NSC3(CO)CC3)cc2N2CCC(C)(CC2)C1. The van der Waals surface area contributed by atoms with Crippen molar-refractivity contribution in [3.05, 3.63) is 47.7 Å². The van der Waals surface area contributed by atoms with E-state index in [4.69, 9.17) is 0 Å². The van der Waals surface area contributed by atoms with Crippen LogP contribution in [0.3, 0.4) is 0 Å². The van der Waals surface area contributed by atoms with Gasteiger partial charge in [0.25, 0.3) is 5.91 Å². The zero-order valence-corrected chi connectivity index (χ0v) is 22.0. The Hall–Kier alpha value is -2.78. The van der Waals surface area contributed by atoms with Crippen LogP contribution in [0.5, 0.6) is 0 Å². The zero-order chi connectivity index (χ0) is 25.2. The number of carbonyl (C=O) groups is 1. The molecule has 0 unspecified atom stereocenters. The van der Waals surface area contributed by atoms with Crippen molar-refractivity contribution in [3.63, 3.8) is 0 Å². The molecular weight excluding hydrogens is 472 g/mol. The minimum atomic E-state index is -0.182. The third kappa shape index (κ3) is 5.78. The number of amides is 1. The van der Waals surface area contributed by atoms with Gasteiger partial charge in [0.15, 0.2) is 0 Å². The highest BCUT2D eigenvalue weighted by molar-refractivity contribution is 8.02. The van der Waals surface area contributed by atoms with E-state index < -0.39 is 0 Å². The molecule has 4 heterocycles. The Labute approximate surface area is 217 Å². The van der Waals surface area contributed by atoms with Crippen molar-refractivity contribution in [2.24, 2.45) is 5.41 Å². The number of anilines is 4. The van der Waals surface area contributed by atoms with Crippen LogP contribution in [0.2, 0.25) is 0 Å². The lowest BCUT2D eigenvalue weighted by atomic mass is 9.75. The molecule has 9 heteroatoms. The summed E-state index contributed by atoms with van der Waals surface area (Å²) in [6.45, 7) is 7.34. The Balaban J connectivity index is 1.45. The van der Waals surface area contributed by atoms with Crippen molar-refractivity contribution in [1.29, 1.82) is 0 Å². The van der Waals surface area contributed by atoms with Gasteiger partial charge in [-0.15, -0.1) is 0 Å². The van der Waals surface area contributed by atoms with Crippen molar-refractivity contribution in [3.8, 4) is 0 Å². The third-order valence-corrected chi connectivity index (χ3v) is 8.87. The molecule has 1 saturated heterocycles. The van der Waals surface area contributed by atoms with Crippen LogP contribution >= 0.6 is 11.9 Å². The number of rotatable bonds is 4. The maximum atomic E-state index is 13.4.